The van der Waals surface area contributed by atoms with Gasteiger partial charge in [0.2, 0.25) is 0 Å². The summed E-state index contributed by atoms with van der Waals surface area (Å²) in [4.78, 5) is 16.1. The number of hydrogen-bond donors (Lipinski definition) is 2. The number of aromatic nitrogens is 1. The molecule has 0 atom stereocenters. The van der Waals surface area contributed by atoms with Crippen molar-refractivity contribution < 1.29 is 4.74 Å². The minimum atomic E-state index is -0.0126. The van der Waals surface area contributed by atoms with Crippen LogP contribution >= 0.6 is 24.0 Å². The van der Waals surface area contributed by atoms with Crippen LogP contribution in [0.15, 0.2) is 82.7 Å². The molecule has 0 saturated carbocycles. The van der Waals surface area contributed by atoms with Gasteiger partial charge in [0.15, 0.2) is 5.96 Å². The smallest absolute Gasteiger partial charge is 0.250 e. The molecule has 0 unspecified atom stereocenters. The van der Waals surface area contributed by atoms with Gasteiger partial charge in [-0.25, -0.2) is 4.99 Å². The molecule has 28 heavy (non-hydrogen) atoms. The molecule has 0 spiro atoms. The zero-order chi connectivity index (χ0) is 19.1. The first-order chi connectivity index (χ1) is 13.2. The standard InChI is InChI=1S/C21H22N4O2.HI/c1-27-19-7-3-2-6-18(19)24-21(22)23-14-16-9-11-17(12-10-16)15-25-13-5-4-8-20(25)26;/h2-13H,14-15H2,1H3,(H3,22,23,24);1H. The molecule has 0 radical (unpaired) electrons. The molecule has 0 aliphatic heterocycles. The van der Waals surface area contributed by atoms with Crippen molar-refractivity contribution in [2.45, 2.75) is 13.1 Å². The fourth-order valence-electron chi connectivity index (χ4n) is 2.64. The zero-order valence-electron chi connectivity index (χ0n) is 15.5. The SMILES string of the molecule is COc1ccccc1NC(N)=NCc1ccc(Cn2ccccc2=O)cc1.I. The third-order valence-corrected chi connectivity index (χ3v) is 4.08. The highest BCUT2D eigenvalue weighted by atomic mass is 127. The Kier molecular flexibility index (Phi) is 8.06. The number of aliphatic imine (C=N–C) groups is 1. The Balaban J connectivity index is 0.00000280. The van der Waals surface area contributed by atoms with Gasteiger partial charge in [0.1, 0.15) is 5.75 Å². The number of nitrogens with one attached hydrogen (secondary N) is 1. The second-order valence-corrected chi connectivity index (χ2v) is 6.01. The van der Waals surface area contributed by atoms with E-state index in [4.69, 9.17) is 10.5 Å². The first-order valence-corrected chi connectivity index (χ1v) is 8.59. The number of rotatable bonds is 6. The van der Waals surface area contributed by atoms with Crippen LogP contribution in [0.1, 0.15) is 11.1 Å². The second-order valence-electron chi connectivity index (χ2n) is 6.01. The number of guanidine groups is 1. The normalized spacial score (nSPS) is 10.8. The Hall–Kier alpha value is -2.81. The van der Waals surface area contributed by atoms with Gasteiger partial charge in [-0.15, -0.1) is 24.0 Å². The van der Waals surface area contributed by atoms with Gasteiger partial charge in [0.05, 0.1) is 25.9 Å². The van der Waals surface area contributed by atoms with Crippen molar-refractivity contribution in [1.82, 2.24) is 4.57 Å². The molecular formula is C21H23IN4O2. The van der Waals surface area contributed by atoms with Crippen LogP contribution in [0.4, 0.5) is 5.69 Å². The minimum absolute atomic E-state index is 0. The molecule has 0 saturated heterocycles. The van der Waals surface area contributed by atoms with Gasteiger partial charge < -0.3 is 20.4 Å². The number of hydrogen-bond acceptors (Lipinski definition) is 3. The fraction of sp³-hybridized carbons (Fsp3) is 0.143. The molecular weight excluding hydrogens is 467 g/mol. The molecule has 1 heterocycles. The highest BCUT2D eigenvalue weighted by Gasteiger charge is 2.02. The van der Waals surface area contributed by atoms with E-state index in [0.29, 0.717) is 24.8 Å². The summed E-state index contributed by atoms with van der Waals surface area (Å²) in [6, 6.07) is 20.6. The molecule has 7 heteroatoms. The van der Waals surface area contributed by atoms with Crippen LogP contribution in [0.25, 0.3) is 0 Å². The maximum atomic E-state index is 11.8. The Bertz CT molecular complexity index is 984. The number of anilines is 1. The van der Waals surface area contributed by atoms with E-state index >= 15 is 0 Å². The summed E-state index contributed by atoms with van der Waals surface area (Å²) < 4.78 is 6.95. The van der Waals surface area contributed by atoms with Gasteiger partial charge in [0.25, 0.3) is 5.56 Å². The molecule has 0 aliphatic rings. The summed E-state index contributed by atoms with van der Waals surface area (Å²) >= 11 is 0. The Labute approximate surface area is 181 Å². The van der Waals surface area contributed by atoms with Crippen molar-refractivity contribution in [3.63, 3.8) is 0 Å². The number of nitrogens with two attached hydrogens (primary N) is 1. The predicted molar refractivity (Wildman–Crippen MR) is 124 cm³/mol. The molecule has 0 aliphatic carbocycles. The van der Waals surface area contributed by atoms with E-state index in [2.05, 4.69) is 10.3 Å². The van der Waals surface area contributed by atoms with E-state index in [1.54, 1.807) is 30.0 Å². The summed E-state index contributed by atoms with van der Waals surface area (Å²) in [6.07, 6.45) is 1.78. The first-order valence-electron chi connectivity index (χ1n) is 8.59. The van der Waals surface area contributed by atoms with E-state index in [1.165, 1.54) is 0 Å². The van der Waals surface area contributed by atoms with Crippen molar-refractivity contribution in [1.29, 1.82) is 0 Å². The van der Waals surface area contributed by atoms with E-state index in [0.717, 1.165) is 16.8 Å². The quantitative estimate of drug-likeness (QED) is 0.315. The topological polar surface area (TPSA) is 81.6 Å². The van der Waals surface area contributed by atoms with Gasteiger partial charge >= 0.3 is 0 Å². The molecule has 146 valence electrons. The van der Waals surface area contributed by atoms with Crippen molar-refractivity contribution >= 4 is 35.6 Å². The number of benzene rings is 2. The predicted octanol–water partition coefficient (Wildman–Crippen LogP) is 3.45. The highest BCUT2D eigenvalue weighted by Crippen LogP contribution is 2.22. The van der Waals surface area contributed by atoms with E-state index < -0.39 is 0 Å². The first kappa shape index (κ1) is 21.5. The third kappa shape index (κ3) is 5.85. The zero-order valence-corrected chi connectivity index (χ0v) is 17.9. The summed E-state index contributed by atoms with van der Waals surface area (Å²) in [7, 11) is 1.61. The average molecular weight is 490 g/mol. The number of ether oxygens (including phenoxy) is 1. The lowest BCUT2D eigenvalue weighted by Gasteiger charge is -2.10. The van der Waals surface area contributed by atoms with Crippen LogP contribution in [0.5, 0.6) is 5.75 Å². The molecule has 3 rings (SSSR count). The number of methoxy groups -OCH3 is 1. The van der Waals surface area contributed by atoms with Crippen LogP contribution in [-0.2, 0) is 13.1 Å². The summed E-state index contributed by atoms with van der Waals surface area (Å²) in [5.74, 6) is 1.02. The molecule has 3 N–H and O–H groups in total. The van der Waals surface area contributed by atoms with E-state index in [-0.39, 0.29) is 29.5 Å². The van der Waals surface area contributed by atoms with Crippen LogP contribution in [0.2, 0.25) is 0 Å². The van der Waals surface area contributed by atoms with Crippen LogP contribution in [-0.4, -0.2) is 17.6 Å². The number of pyridine rings is 1. The lowest BCUT2D eigenvalue weighted by Crippen LogP contribution is -2.22. The van der Waals surface area contributed by atoms with Gasteiger partial charge in [-0.05, 0) is 29.3 Å². The second kappa shape index (κ2) is 10.5. The Morgan fingerprint density at radius 2 is 1.71 bits per heavy atom. The number of halogens is 1. The minimum Gasteiger partial charge on any atom is -0.495 e. The molecule has 2 aromatic carbocycles. The number of nitrogens with zero attached hydrogens (tertiary/aromatic N) is 2. The molecule has 1 aromatic heterocycles. The highest BCUT2D eigenvalue weighted by molar-refractivity contribution is 14.0. The number of para-hydroxylation sites is 2. The lowest BCUT2D eigenvalue weighted by atomic mass is 10.1. The van der Waals surface area contributed by atoms with Gasteiger partial charge in [-0.2, -0.15) is 0 Å². The summed E-state index contributed by atoms with van der Waals surface area (Å²) in [5, 5.41) is 3.05. The van der Waals surface area contributed by atoms with Crippen molar-refractivity contribution in [3.8, 4) is 5.75 Å². The van der Waals surface area contributed by atoms with Crippen molar-refractivity contribution in [2.24, 2.45) is 10.7 Å². The molecule has 0 bridgehead atoms. The van der Waals surface area contributed by atoms with Gasteiger partial charge in [0, 0.05) is 12.3 Å². The molecule has 6 nitrogen and oxygen atoms in total. The van der Waals surface area contributed by atoms with Crippen LogP contribution in [0.3, 0.4) is 0 Å². The van der Waals surface area contributed by atoms with E-state index in [9.17, 15) is 4.79 Å². The lowest BCUT2D eigenvalue weighted by molar-refractivity contribution is 0.417. The maximum absolute atomic E-state index is 11.8. The molecule has 0 fully saturated rings. The third-order valence-electron chi connectivity index (χ3n) is 4.08. The molecule has 0 amide bonds. The maximum Gasteiger partial charge on any atom is 0.250 e. The van der Waals surface area contributed by atoms with Gasteiger partial charge in [-0.1, -0.05) is 42.5 Å². The van der Waals surface area contributed by atoms with Crippen molar-refractivity contribution in [2.75, 3.05) is 12.4 Å². The largest absolute Gasteiger partial charge is 0.495 e. The Morgan fingerprint density at radius 1 is 1.04 bits per heavy atom. The van der Waals surface area contributed by atoms with Crippen LogP contribution in [0, 0.1) is 0 Å². The summed E-state index contributed by atoms with van der Waals surface area (Å²) in [5.41, 5.74) is 8.81. The molecule has 3 aromatic rings. The van der Waals surface area contributed by atoms with Crippen LogP contribution < -0.4 is 21.3 Å². The van der Waals surface area contributed by atoms with Crippen molar-refractivity contribution in [3.05, 3.63) is 94.4 Å². The van der Waals surface area contributed by atoms with E-state index in [1.807, 2.05) is 54.6 Å². The monoisotopic (exact) mass is 490 g/mol. The Morgan fingerprint density at radius 3 is 2.43 bits per heavy atom. The average Bonchev–Trinajstić information content (AvgIpc) is 2.69. The summed E-state index contributed by atoms with van der Waals surface area (Å²) in [6.45, 7) is 1.00. The fourth-order valence-corrected chi connectivity index (χ4v) is 2.64. The van der Waals surface area contributed by atoms with Gasteiger partial charge in [-0.3, -0.25) is 4.79 Å².